The van der Waals surface area contributed by atoms with Crippen LogP contribution in [0.5, 0.6) is 0 Å². The molecule has 0 saturated heterocycles. The molecule has 2 heterocycles. The monoisotopic (exact) mass is 343 g/mol. The lowest BCUT2D eigenvalue weighted by Crippen LogP contribution is -2.36. The summed E-state index contributed by atoms with van der Waals surface area (Å²) >= 11 is 0. The van der Waals surface area contributed by atoms with Crippen LogP contribution in [0.2, 0.25) is 0 Å². The SMILES string of the molecule is N#C/C(=C/Nc1ccc2cn[nH]c2c1)C(=O)N1CCCc2ccccc21. The van der Waals surface area contributed by atoms with Crippen LogP contribution in [0.3, 0.4) is 0 Å². The van der Waals surface area contributed by atoms with Crippen LogP contribution in [0, 0.1) is 11.3 Å². The van der Waals surface area contributed by atoms with E-state index in [-0.39, 0.29) is 11.5 Å². The van der Waals surface area contributed by atoms with Gasteiger partial charge < -0.3 is 10.2 Å². The summed E-state index contributed by atoms with van der Waals surface area (Å²) in [6.07, 6.45) is 5.06. The first kappa shape index (κ1) is 15.9. The Balaban J connectivity index is 1.58. The Hall–Kier alpha value is -3.59. The van der Waals surface area contributed by atoms with E-state index in [1.807, 2.05) is 48.5 Å². The van der Waals surface area contributed by atoms with Crippen LogP contribution in [-0.2, 0) is 11.2 Å². The summed E-state index contributed by atoms with van der Waals surface area (Å²) in [4.78, 5) is 14.6. The molecule has 0 aliphatic carbocycles. The average Bonchev–Trinajstić information content (AvgIpc) is 3.15. The van der Waals surface area contributed by atoms with Gasteiger partial charge in [0.05, 0.1) is 11.7 Å². The molecule has 0 atom stereocenters. The minimum Gasteiger partial charge on any atom is -0.360 e. The molecule has 0 saturated carbocycles. The summed E-state index contributed by atoms with van der Waals surface area (Å²) in [5.41, 5.74) is 3.77. The van der Waals surface area contributed by atoms with Crippen molar-refractivity contribution in [3.8, 4) is 6.07 Å². The highest BCUT2D eigenvalue weighted by atomic mass is 16.2. The van der Waals surface area contributed by atoms with Gasteiger partial charge in [0.15, 0.2) is 0 Å². The van der Waals surface area contributed by atoms with Crippen LogP contribution in [0.25, 0.3) is 10.9 Å². The second-order valence-corrected chi connectivity index (χ2v) is 6.18. The number of carbonyl (C=O) groups is 1. The van der Waals surface area contributed by atoms with Crippen molar-refractivity contribution in [3.05, 3.63) is 66.0 Å². The summed E-state index contributed by atoms with van der Waals surface area (Å²) < 4.78 is 0. The molecule has 128 valence electrons. The summed E-state index contributed by atoms with van der Waals surface area (Å²) in [6, 6.07) is 15.6. The van der Waals surface area contributed by atoms with E-state index in [1.165, 1.54) is 6.20 Å². The van der Waals surface area contributed by atoms with Crippen molar-refractivity contribution >= 4 is 28.2 Å². The second-order valence-electron chi connectivity index (χ2n) is 6.18. The number of amides is 1. The molecular formula is C20H17N5O. The number of carbonyl (C=O) groups excluding carboxylic acids is 1. The molecule has 0 unspecified atom stereocenters. The van der Waals surface area contributed by atoms with E-state index < -0.39 is 0 Å². The Labute approximate surface area is 150 Å². The maximum Gasteiger partial charge on any atom is 0.270 e. The molecule has 1 aromatic heterocycles. The number of para-hydroxylation sites is 1. The molecule has 2 aromatic carbocycles. The average molecular weight is 343 g/mol. The molecule has 6 heteroatoms. The van der Waals surface area contributed by atoms with Crippen LogP contribution in [0.15, 0.2) is 60.4 Å². The number of nitrogens with one attached hydrogen (secondary N) is 2. The largest absolute Gasteiger partial charge is 0.360 e. The molecular weight excluding hydrogens is 326 g/mol. The van der Waals surface area contributed by atoms with Crippen LogP contribution >= 0.6 is 0 Å². The quantitative estimate of drug-likeness (QED) is 0.564. The minimum absolute atomic E-state index is 0.0754. The summed E-state index contributed by atoms with van der Waals surface area (Å²) in [7, 11) is 0. The molecule has 0 bridgehead atoms. The third kappa shape index (κ3) is 2.91. The molecule has 1 aliphatic rings. The fourth-order valence-electron chi connectivity index (χ4n) is 3.21. The number of nitrogens with zero attached hydrogens (tertiary/aromatic N) is 3. The molecule has 0 fully saturated rings. The van der Waals surface area contributed by atoms with Crippen molar-refractivity contribution in [1.82, 2.24) is 10.2 Å². The van der Waals surface area contributed by atoms with E-state index in [2.05, 4.69) is 15.5 Å². The molecule has 2 N–H and O–H groups in total. The summed E-state index contributed by atoms with van der Waals surface area (Å²) in [5.74, 6) is -0.283. The number of aromatic amines is 1. The van der Waals surface area contributed by atoms with Gasteiger partial charge in [0, 0.05) is 29.5 Å². The number of hydrogen-bond acceptors (Lipinski definition) is 4. The molecule has 0 radical (unpaired) electrons. The molecule has 26 heavy (non-hydrogen) atoms. The number of hydrogen-bond donors (Lipinski definition) is 2. The van der Waals surface area contributed by atoms with Crippen LogP contribution in [0.1, 0.15) is 12.0 Å². The Morgan fingerprint density at radius 1 is 1.31 bits per heavy atom. The van der Waals surface area contributed by atoms with E-state index >= 15 is 0 Å². The van der Waals surface area contributed by atoms with Gasteiger partial charge in [-0.1, -0.05) is 18.2 Å². The molecule has 6 nitrogen and oxygen atoms in total. The number of benzene rings is 2. The van der Waals surface area contributed by atoms with Gasteiger partial charge in [-0.25, -0.2) is 0 Å². The first-order valence-electron chi connectivity index (χ1n) is 8.46. The first-order chi connectivity index (χ1) is 12.8. The highest BCUT2D eigenvalue weighted by molar-refractivity contribution is 6.09. The van der Waals surface area contributed by atoms with E-state index in [4.69, 9.17) is 0 Å². The third-order valence-corrected chi connectivity index (χ3v) is 4.53. The Kier molecular flexibility index (Phi) is 4.12. The normalized spacial score (nSPS) is 14.0. The number of anilines is 2. The predicted octanol–water partition coefficient (Wildman–Crippen LogP) is 3.36. The highest BCUT2D eigenvalue weighted by Crippen LogP contribution is 2.28. The van der Waals surface area contributed by atoms with Gasteiger partial charge in [-0.2, -0.15) is 10.4 Å². The topological polar surface area (TPSA) is 84.8 Å². The third-order valence-electron chi connectivity index (χ3n) is 4.53. The summed E-state index contributed by atoms with van der Waals surface area (Å²) in [5, 5.41) is 20.4. The van der Waals surface area contributed by atoms with Gasteiger partial charge in [0.2, 0.25) is 0 Å². The molecule has 3 aromatic rings. The van der Waals surface area contributed by atoms with E-state index in [1.54, 1.807) is 11.1 Å². The van der Waals surface area contributed by atoms with Crippen LogP contribution in [0.4, 0.5) is 11.4 Å². The molecule has 1 aliphatic heterocycles. The van der Waals surface area contributed by atoms with E-state index in [0.717, 1.165) is 40.7 Å². The fourth-order valence-corrected chi connectivity index (χ4v) is 3.21. The molecule has 0 spiro atoms. The smallest absolute Gasteiger partial charge is 0.270 e. The lowest BCUT2D eigenvalue weighted by Gasteiger charge is -2.29. The summed E-state index contributed by atoms with van der Waals surface area (Å²) in [6.45, 7) is 0.620. The van der Waals surface area contributed by atoms with Crippen molar-refractivity contribution in [3.63, 3.8) is 0 Å². The molecule has 1 amide bonds. The number of fused-ring (bicyclic) bond motifs is 2. The lowest BCUT2D eigenvalue weighted by molar-refractivity contribution is -0.114. The van der Waals surface area contributed by atoms with Gasteiger partial charge in [-0.15, -0.1) is 0 Å². The zero-order valence-electron chi connectivity index (χ0n) is 14.1. The van der Waals surface area contributed by atoms with E-state index in [9.17, 15) is 10.1 Å². The van der Waals surface area contributed by atoms with Crippen molar-refractivity contribution in [2.45, 2.75) is 12.8 Å². The van der Waals surface area contributed by atoms with Crippen molar-refractivity contribution in [2.75, 3.05) is 16.8 Å². The maximum atomic E-state index is 12.9. The standard InChI is InChI=1S/C20H17N5O/c21-11-16(12-22-17-8-7-15-13-23-24-18(15)10-17)20(26)25-9-3-5-14-4-1-2-6-19(14)25/h1-2,4,6-8,10,12-13,22H,3,5,9H2,(H,23,24)/b16-12-. The second kappa shape index (κ2) is 6.73. The zero-order chi connectivity index (χ0) is 17.9. The van der Waals surface area contributed by atoms with Crippen LogP contribution < -0.4 is 10.2 Å². The van der Waals surface area contributed by atoms with Gasteiger partial charge >= 0.3 is 0 Å². The molecule has 4 rings (SSSR count). The van der Waals surface area contributed by atoms with Crippen molar-refractivity contribution in [1.29, 1.82) is 5.26 Å². The number of aryl methyl sites for hydroxylation is 1. The first-order valence-corrected chi connectivity index (χ1v) is 8.46. The van der Waals surface area contributed by atoms with Gasteiger partial charge in [-0.3, -0.25) is 9.89 Å². The lowest BCUT2D eigenvalue weighted by atomic mass is 10.0. The van der Waals surface area contributed by atoms with Crippen molar-refractivity contribution < 1.29 is 4.79 Å². The van der Waals surface area contributed by atoms with Crippen LogP contribution in [-0.4, -0.2) is 22.6 Å². The predicted molar refractivity (Wildman–Crippen MR) is 101 cm³/mol. The van der Waals surface area contributed by atoms with E-state index in [0.29, 0.717) is 6.54 Å². The Morgan fingerprint density at radius 3 is 3.08 bits per heavy atom. The number of aromatic nitrogens is 2. The minimum atomic E-state index is -0.283. The van der Waals surface area contributed by atoms with Gasteiger partial charge in [0.25, 0.3) is 5.91 Å². The number of rotatable bonds is 3. The Morgan fingerprint density at radius 2 is 2.19 bits per heavy atom. The van der Waals surface area contributed by atoms with Gasteiger partial charge in [0.1, 0.15) is 11.6 Å². The number of H-pyrrole nitrogens is 1. The zero-order valence-corrected chi connectivity index (χ0v) is 14.1. The number of nitriles is 1. The van der Waals surface area contributed by atoms with Crippen molar-refractivity contribution in [2.24, 2.45) is 0 Å². The fraction of sp³-hybridized carbons (Fsp3) is 0.150. The Bertz CT molecular complexity index is 1040. The highest BCUT2D eigenvalue weighted by Gasteiger charge is 2.24. The van der Waals surface area contributed by atoms with Gasteiger partial charge in [-0.05, 0) is 42.7 Å². The maximum absolute atomic E-state index is 12.9.